The molecule has 1 fully saturated rings. The largest absolute Gasteiger partial charge is 0.379 e. The van der Waals surface area contributed by atoms with Gasteiger partial charge in [0.15, 0.2) is 17.1 Å². The van der Waals surface area contributed by atoms with E-state index < -0.39 is 0 Å². The first-order chi connectivity index (χ1) is 16.5. The fourth-order valence-corrected chi connectivity index (χ4v) is 4.21. The first-order valence-corrected chi connectivity index (χ1v) is 11.7. The molecule has 0 unspecified atom stereocenters. The van der Waals surface area contributed by atoms with E-state index in [-0.39, 0.29) is 5.43 Å². The highest BCUT2D eigenvalue weighted by molar-refractivity contribution is 6.31. The molecule has 8 heteroatoms. The van der Waals surface area contributed by atoms with Gasteiger partial charge in [0, 0.05) is 48.2 Å². The summed E-state index contributed by atoms with van der Waals surface area (Å²) in [6.07, 6.45) is 3.35. The Morgan fingerprint density at radius 1 is 1.03 bits per heavy atom. The van der Waals surface area contributed by atoms with Crippen molar-refractivity contribution in [1.82, 2.24) is 24.6 Å². The van der Waals surface area contributed by atoms with E-state index in [0.29, 0.717) is 27.8 Å². The fraction of sp³-hybridized carbons (Fsp3) is 0.269. The SMILES string of the molecule is Cc1ccc(-n2nc(-c3ccc(CN4CCOCC4)cc3)nc2-c2c[nH]cc(C)c2=O)cc1Cl. The number of nitrogens with one attached hydrogen (secondary N) is 1. The van der Waals surface area contributed by atoms with E-state index in [1.54, 1.807) is 24.0 Å². The van der Waals surface area contributed by atoms with Crippen molar-refractivity contribution in [2.24, 2.45) is 0 Å². The number of benzene rings is 2. The number of aromatic amines is 1. The van der Waals surface area contributed by atoms with Crippen molar-refractivity contribution < 1.29 is 4.74 Å². The lowest BCUT2D eigenvalue weighted by Gasteiger charge is -2.26. The predicted molar refractivity (Wildman–Crippen MR) is 133 cm³/mol. The Balaban J connectivity index is 1.54. The molecule has 1 saturated heterocycles. The number of hydrogen-bond donors (Lipinski definition) is 1. The second kappa shape index (κ2) is 9.54. The quantitative estimate of drug-likeness (QED) is 0.463. The summed E-state index contributed by atoms with van der Waals surface area (Å²) in [6.45, 7) is 8.07. The molecule has 0 saturated carbocycles. The third-order valence-corrected chi connectivity index (χ3v) is 6.51. The third-order valence-electron chi connectivity index (χ3n) is 6.10. The van der Waals surface area contributed by atoms with Crippen molar-refractivity contribution in [3.8, 4) is 28.5 Å². The van der Waals surface area contributed by atoms with Crippen LogP contribution in [0.1, 0.15) is 16.7 Å². The summed E-state index contributed by atoms with van der Waals surface area (Å²) < 4.78 is 7.12. The molecule has 1 N–H and O–H groups in total. The van der Waals surface area contributed by atoms with Crippen molar-refractivity contribution in [3.05, 3.63) is 86.8 Å². The number of rotatable bonds is 5. The Hall–Kier alpha value is -3.26. The van der Waals surface area contributed by atoms with Crippen molar-refractivity contribution >= 4 is 11.6 Å². The second-order valence-electron chi connectivity index (χ2n) is 8.57. The molecule has 4 aromatic rings. The van der Waals surface area contributed by atoms with Gasteiger partial charge in [0.1, 0.15) is 0 Å². The van der Waals surface area contributed by atoms with Gasteiger partial charge in [0.2, 0.25) is 0 Å². The first-order valence-electron chi connectivity index (χ1n) is 11.3. The number of H-pyrrole nitrogens is 1. The molecule has 0 spiro atoms. The van der Waals surface area contributed by atoms with Crippen LogP contribution in [0.15, 0.2) is 59.7 Å². The molecule has 1 aliphatic rings. The second-order valence-corrected chi connectivity index (χ2v) is 8.98. The molecule has 0 radical (unpaired) electrons. The van der Waals surface area contributed by atoms with Gasteiger partial charge in [-0.05, 0) is 37.1 Å². The van der Waals surface area contributed by atoms with E-state index in [1.807, 2.05) is 37.3 Å². The van der Waals surface area contributed by atoms with Crippen LogP contribution < -0.4 is 5.43 Å². The predicted octanol–water partition coefficient (Wildman–Crippen LogP) is 4.39. The van der Waals surface area contributed by atoms with Crippen LogP contribution in [0.3, 0.4) is 0 Å². The van der Waals surface area contributed by atoms with E-state index in [0.717, 1.165) is 49.7 Å². The van der Waals surface area contributed by atoms with E-state index in [2.05, 4.69) is 22.0 Å². The maximum absolute atomic E-state index is 12.9. The van der Waals surface area contributed by atoms with Crippen LogP contribution in [-0.4, -0.2) is 51.0 Å². The summed E-state index contributed by atoms with van der Waals surface area (Å²) in [4.78, 5) is 23.1. The minimum Gasteiger partial charge on any atom is -0.379 e. The van der Waals surface area contributed by atoms with Gasteiger partial charge in [0.05, 0.1) is 24.5 Å². The summed E-state index contributed by atoms with van der Waals surface area (Å²) in [7, 11) is 0. The van der Waals surface area contributed by atoms with Crippen LogP contribution in [0, 0.1) is 13.8 Å². The minimum atomic E-state index is -0.0852. The molecule has 5 rings (SSSR count). The third kappa shape index (κ3) is 4.55. The van der Waals surface area contributed by atoms with E-state index in [1.165, 1.54) is 5.56 Å². The molecule has 3 heterocycles. The van der Waals surface area contributed by atoms with Gasteiger partial charge in [-0.25, -0.2) is 9.67 Å². The first kappa shape index (κ1) is 22.5. The summed E-state index contributed by atoms with van der Waals surface area (Å²) in [5.41, 5.74) is 4.81. The molecular weight excluding hydrogens is 450 g/mol. The van der Waals surface area contributed by atoms with Gasteiger partial charge in [-0.1, -0.05) is 41.9 Å². The Bertz CT molecular complexity index is 1370. The number of aromatic nitrogens is 4. The van der Waals surface area contributed by atoms with E-state index in [4.69, 9.17) is 26.4 Å². The summed E-state index contributed by atoms with van der Waals surface area (Å²) in [5.74, 6) is 1.02. The van der Waals surface area contributed by atoms with Crippen LogP contribution in [0.25, 0.3) is 28.5 Å². The van der Waals surface area contributed by atoms with Gasteiger partial charge in [-0.2, -0.15) is 0 Å². The van der Waals surface area contributed by atoms with Gasteiger partial charge in [0.25, 0.3) is 0 Å². The van der Waals surface area contributed by atoms with Crippen molar-refractivity contribution in [2.45, 2.75) is 20.4 Å². The number of hydrogen-bond acceptors (Lipinski definition) is 5. The monoisotopic (exact) mass is 475 g/mol. The highest BCUT2D eigenvalue weighted by Gasteiger charge is 2.19. The molecule has 2 aromatic carbocycles. The zero-order valence-corrected chi connectivity index (χ0v) is 20.0. The van der Waals surface area contributed by atoms with Crippen LogP contribution in [0.4, 0.5) is 0 Å². The number of nitrogens with zero attached hydrogens (tertiary/aromatic N) is 4. The Morgan fingerprint density at radius 2 is 1.79 bits per heavy atom. The van der Waals surface area contributed by atoms with Crippen LogP contribution >= 0.6 is 11.6 Å². The Kier molecular flexibility index (Phi) is 6.32. The van der Waals surface area contributed by atoms with Gasteiger partial charge in [-0.15, -0.1) is 5.10 Å². The smallest absolute Gasteiger partial charge is 0.195 e. The summed E-state index contributed by atoms with van der Waals surface area (Å²) in [5, 5.41) is 5.41. The summed E-state index contributed by atoms with van der Waals surface area (Å²) in [6, 6.07) is 14.0. The minimum absolute atomic E-state index is 0.0852. The van der Waals surface area contributed by atoms with Crippen molar-refractivity contribution in [1.29, 1.82) is 0 Å². The van der Waals surface area contributed by atoms with E-state index in [9.17, 15) is 4.79 Å². The Labute approximate surface area is 203 Å². The number of morpholine rings is 1. The molecule has 2 aromatic heterocycles. The maximum Gasteiger partial charge on any atom is 0.195 e. The fourth-order valence-electron chi connectivity index (χ4n) is 4.04. The van der Waals surface area contributed by atoms with E-state index >= 15 is 0 Å². The Morgan fingerprint density at radius 3 is 2.53 bits per heavy atom. The number of halogens is 1. The summed E-state index contributed by atoms with van der Waals surface area (Å²) >= 11 is 6.40. The topological polar surface area (TPSA) is 76.0 Å². The lowest BCUT2D eigenvalue weighted by Crippen LogP contribution is -2.35. The number of aryl methyl sites for hydroxylation is 2. The standard InChI is InChI=1S/C26H26ClN5O2/c1-17-3-8-21(13-23(17)27)32-26(22-15-28-14-18(2)24(22)33)29-25(30-32)20-6-4-19(5-7-20)16-31-9-11-34-12-10-31/h3-8,13-15H,9-12,16H2,1-2H3,(H,28,33). The highest BCUT2D eigenvalue weighted by atomic mass is 35.5. The van der Waals surface area contributed by atoms with Gasteiger partial charge < -0.3 is 9.72 Å². The van der Waals surface area contributed by atoms with Crippen molar-refractivity contribution in [2.75, 3.05) is 26.3 Å². The van der Waals surface area contributed by atoms with Gasteiger partial charge >= 0.3 is 0 Å². The number of pyridine rings is 1. The molecule has 174 valence electrons. The van der Waals surface area contributed by atoms with Crippen LogP contribution in [0.5, 0.6) is 0 Å². The average Bonchev–Trinajstić information content (AvgIpc) is 3.29. The molecule has 0 aliphatic carbocycles. The maximum atomic E-state index is 12.9. The molecule has 0 amide bonds. The molecule has 7 nitrogen and oxygen atoms in total. The highest BCUT2D eigenvalue weighted by Crippen LogP contribution is 2.26. The molecule has 34 heavy (non-hydrogen) atoms. The molecule has 0 bridgehead atoms. The average molecular weight is 476 g/mol. The normalized spacial score (nSPS) is 14.4. The number of ether oxygens (including phenoxy) is 1. The zero-order valence-electron chi connectivity index (χ0n) is 19.2. The zero-order chi connectivity index (χ0) is 23.7. The molecular formula is C26H26ClN5O2. The van der Waals surface area contributed by atoms with Crippen LogP contribution in [0.2, 0.25) is 5.02 Å². The van der Waals surface area contributed by atoms with Crippen molar-refractivity contribution in [3.63, 3.8) is 0 Å². The van der Waals surface area contributed by atoms with Gasteiger partial charge in [-0.3, -0.25) is 9.69 Å². The lowest BCUT2D eigenvalue weighted by atomic mass is 10.1. The molecule has 1 aliphatic heterocycles. The van der Waals surface area contributed by atoms with Crippen LogP contribution in [-0.2, 0) is 11.3 Å². The molecule has 0 atom stereocenters. The lowest BCUT2D eigenvalue weighted by molar-refractivity contribution is 0.0342.